The average Bonchev–Trinajstić information content (AvgIpc) is 2.55. The zero-order chi connectivity index (χ0) is 23.1. The number of esters is 1. The molecule has 0 fully saturated rings. The van der Waals surface area contributed by atoms with E-state index < -0.39 is 54.7 Å². The highest BCUT2D eigenvalue weighted by atomic mass is 35.5. The summed E-state index contributed by atoms with van der Waals surface area (Å²) in [7, 11) is 1.11. The van der Waals surface area contributed by atoms with Crippen molar-refractivity contribution in [2.45, 2.75) is 45.2 Å². The van der Waals surface area contributed by atoms with Crippen LogP contribution in [0.5, 0.6) is 5.75 Å². The molecule has 0 unspecified atom stereocenters. The van der Waals surface area contributed by atoms with Gasteiger partial charge < -0.3 is 24.8 Å². The molecule has 8 nitrogen and oxygen atoms in total. The average molecular weight is 455 g/mol. The molecule has 0 saturated heterocycles. The van der Waals surface area contributed by atoms with Crippen molar-refractivity contribution in [3.8, 4) is 5.75 Å². The van der Waals surface area contributed by atoms with Crippen LogP contribution in [-0.2, 0) is 19.1 Å². The Bertz CT molecular complexity index is 780. The van der Waals surface area contributed by atoms with Crippen LogP contribution in [0.15, 0.2) is 18.2 Å². The van der Waals surface area contributed by atoms with Crippen LogP contribution in [0.25, 0.3) is 0 Å². The first kappa shape index (κ1) is 25.3. The highest BCUT2D eigenvalue weighted by molar-refractivity contribution is 6.30. The smallest absolute Gasteiger partial charge is 0.469 e. The molecule has 0 bridgehead atoms. The van der Waals surface area contributed by atoms with Gasteiger partial charge >= 0.3 is 18.4 Å². The largest absolute Gasteiger partial charge is 0.573 e. The molecule has 0 aliphatic carbocycles. The van der Waals surface area contributed by atoms with Crippen molar-refractivity contribution in [1.82, 2.24) is 10.6 Å². The number of halogens is 4. The summed E-state index contributed by atoms with van der Waals surface area (Å²) in [5.41, 5.74) is -0.707. The molecule has 1 aromatic carbocycles. The lowest BCUT2D eigenvalue weighted by molar-refractivity contribution is -0.274. The van der Waals surface area contributed by atoms with Crippen LogP contribution >= 0.6 is 11.6 Å². The zero-order valence-electron chi connectivity index (χ0n) is 16.7. The number of carbonyl (C=O) groups excluding carboxylic acids is 3. The Morgan fingerprint density at radius 2 is 1.77 bits per heavy atom. The molecule has 0 aliphatic heterocycles. The van der Waals surface area contributed by atoms with Crippen LogP contribution in [0.1, 0.15) is 38.8 Å². The summed E-state index contributed by atoms with van der Waals surface area (Å²) >= 11 is 5.84. The summed E-state index contributed by atoms with van der Waals surface area (Å²) < 4.78 is 50.9. The predicted octanol–water partition coefficient (Wildman–Crippen LogP) is 3.48. The van der Waals surface area contributed by atoms with Gasteiger partial charge in [0.15, 0.2) is 0 Å². The SMILES string of the molecule is COC(=O)C[C@H](NC(=O)CNC(=O)OC(C)(C)C)c1cc(Cl)cc(OC(F)(F)F)c1. The second kappa shape index (κ2) is 10.4. The minimum Gasteiger partial charge on any atom is -0.469 e. The Labute approximate surface area is 176 Å². The van der Waals surface area contributed by atoms with Gasteiger partial charge in [0.1, 0.15) is 17.9 Å². The van der Waals surface area contributed by atoms with Crippen molar-refractivity contribution < 1.29 is 41.8 Å². The number of alkyl carbamates (subject to hydrolysis) is 1. The van der Waals surface area contributed by atoms with Gasteiger partial charge in [-0.25, -0.2) is 4.79 Å². The number of nitrogens with one attached hydrogen (secondary N) is 2. The van der Waals surface area contributed by atoms with Gasteiger partial charge in [0.05, 0.1) is 19.6 Å². The lowest BCUT2D eigenvalue weighted by Gasteiger charge is -2.21. The lowest BCUT2D eigenvalue weighted by atomic mass is 10.0. The van der Waals surface area contributed by atoms with E-state index in [0.29, 0.717) is 0 Å². The molecule has 30 heavy (non-hydrogen) atoms. The Morgan fingerprint density at radius 3 is 2.30 bits per heavy atom. The number of hydrogen-bond donors (Lipinski definition) is 2. The first-order valence-corrected chi connectivity index (χ1v) is 8.95. The van der Waals surface area contributed by atoms with E-state index in [9.17, 15) is 27.6 Å². The molecule has 1 atom stereocenters. The van der Waals surface area contributed by atoms with E-state index in [4.69, 9.17) is 16.3 Å². The molecule has 0 aromatic heterocycles. The van der Waals surface area contributed by atoms with Gasteiger partial charge in [-0.2, -0.15) is 0 Å². The molecule has 168 valence electrons. The third-order valence-electron chi connectivity index (χ3n) is 3.26. The third-order valence-corrected chi connectivity index (χ3v) is 3.47. The highest BCUT2D eigenvalue weighted by Crippen LogP contribution is 2.30. The van der Waals surface area contributed by atoms with Gasteiger partial charge in [0.2, 0.25) is 5.91 Å². The summed E-state index contributed by atoms with van der Waals surface area (Å²) in [4.78, 5) is 35.5. The van der Waals surface area contributed by atoms with E-state index in [1.54, 1.807) is 20.8 Å². The van der Waals surface area contributed by atoms with Gasteiger partial charge in [-0.1, -0.05) is 11.6 Å². The molecule has 1 rings (SSSR count). The Morgan fingerprint density at radius 1 is 1.13 bits per heavy atom. The van der Waals surface area contributed by atoms with E-state index >= 15 is 0 Å². The van der Waals surface area contributed by atoms with Gasteiger partial charge in [-0.15, -0.1) is 13.2 Å². The minimum absolute atomic E-state index is 0.0674. The standard InChI is InChI=1S/C18H22ClF3N2O6/c1-17(2,3)30-16(27)23-9-14(25)24-13(8-15(26)28-4)10-5-11(19)7-12(6-10)29-18(20,21)22/h5-7,13H,8-9H2,1-4H3,(H,23,27)(H,24,25)/t13-/m0/s1. The maximum Gasteiger partial charge on any atom is 0.573 e. The van der Waals surface area contributed by atoms with Crippen molar-refractivity contribution in [1.29, 1.82) is 0 Å². The fourth-order valence-electron chi connectivity index (χ4n) is 2.19. The zero-order valence-corrected chi connectivity index (χ0v) is 17.4. The molecule has 2 amide bonds. The number of alkyl halides is 3. The summed E-state index contributed by atoms with van der Waals surface area (Å²) in [6.45, 7) is 4.41. The second-order valence-electron chi connectivity index (χ2n) is 7.02. The van der Waals surface area contributed by atoms with Gasteiger partial charge in [-0.3, -0.25) is 9.59 Å². The number of methoxy groups -OCH3 is 1. The molecule has 0 aliphatic rings. The van der Waals surface area contributed by atoms with Gasteiger partial charge in [0, 0.05) is 5.02 Å². The second-order valence-corrected chi connectivity index (χ2v) is 7.46. The summed E-state index contributed by atoms with van der Waals surface area (Å²) in [5.74, 6) is -2.09. The first-order valence-electron chi connectivity index (χ1n) is 8.58. The van der Waals surface area contributed by atoms with E-state index in [2.05, 4.69) is 20.1 Å². The van der Waals surface area contributed by atoms with Gasteiger partial charge in [-0.05, 0) is 44.5 Å². The summed E-state index contributed by atoms with van der Waals surface area (Å²) in [6, 6.07) is 2.08. The molecular formula is C18H22ClF3N2O6. The number of hydrogen-bond acceptors (Lipinski definition) is 6. The quantitative estimate of drug-likeness (QED) is 0.611. The van der Waals surface area contributed by atoms with Crippen LogP contribution in [0.4, 0.5) is 18.0 Å². The van der Waals surface area contributed by atoms with Crippen molar-refractivity contribution in [3.05, 3.63) is 28.8 Å². The molecule has 2 N–H and O–H groups in total. The molecular weight excluding hydrogens is 433 g/mol. The normalized spacial score (nSPS) is 12.5. The van der Waals surface area contributed by atoms with Gasteiger partial charge in [0.25, 0.3) is 0 Å². The fraction of sp³-hybridized carbons (Fsp3) is 0.500. The molecule has 1 aromatic rings. The maximum atomic E-state index is 12.5. The highest BCUT2D eigenvalue weighted by Gasteiger charge is 2.32. The summed E-state index contributed by atoms with van der Waals surface area (Å²) in [5, 5.41) is 4.55. The van der Waals surface area contributed by atoms with Crippen LogP contribution < -0.4 is 15.4 Å². The van der Waals surface area contributed by atoms with Crippen molar-refractivity contribution in [2.75, 3.05) is 13.7 Å². The minimum atomic E-state index is -4.96. The Balaban J connectivity index is 2.96. The Kier molecular flexibility index (Phi) is 8.76. The van der Waals surface area contributed by atoms with Crippen LogP contribution in [0.3, 0.4) is 0 Å². The van der Waals surface area contributed by atoms with Crippen molar-refractivity contribution >= 4 is 29.6 Å². The molecule has 0 heterocycles. The lowest BCUT2D eigenvalue weighted by Crippen LogP contribution is -2.41. The van der Waals surface area contributed by atoms with Crippen molar-refractivity contribution in [2.24, 2.45) is 0 Å². The topological polar surface area (TPSA) is 103 Å². The Hall–Kier alpha value is -2.69. The van der Waals surface area contributed by atoms with E-state index in [0.717, 1.165) is 19.2 Å². The number of benzene rings is 1. The maximum absolute atomic E-state index is 12.5. The third kappa shape index (κ3) is 10.2. The molecule has 0 radical (unpaired) electrons. The van der Waals surface area contributed by atoms with Crippen LogP contribution in [0, 0.1) is 0 Å². The number of ether oxygens (including phenoxy) is 3. The van der Waals surface area contributed by atoms with Crippen LogP contribution in [-0.4, -0.2) is 43.6 Å². The number of amides is 2. The monoisotopic (exact) mass is 454 g/mol. The first-order chi connectivity index (χ1) is 13.7. The number of rotatable bonds is 7. The van der Waals surface area contributed by atoms with E-state index in [1.807, 2.05) is 0 Å². The predicted molar refractivity (Wildman–Crippen MR) is 99.9 cm³/mol. The fourth-order valence-corrected chi connectivity index (χ4v) is 2.43. The number of carbonyl (C=O) groups is 3. The van der Waals surface area contributed by atoms with E-state index in [-0.39, 0.29) is 10.6 Å². The van der Waals surface area contributed by atoms with E-state index in [1.165, 1.54) is 6.07 Å². The van der Waals surface area contributed by atoms with Crippen molar-refractivity contribution in [3.63, 3.8) is 0 Å². The summed E-state index contributed by atoms with van der Waals surface area (Å²) in [6.07, 6.45) is -6.20. The molecule has 0 saturated carbocycles. The molecule has 12 heteroatoms. The molecule has 0 spiro atoms. The van der Waals surface area contributed by atoms with Crippen LogP contribution in [0.2, 0.25) is 5.02 Å².